The number of hydrogen-bond acceptors (Lipinski definition) is 3. The Labute approximate surface area is 144 Å². The van der Waals surface area contributed by atoms with Crippen LogP contribution >= 0.6 is 12.4 Å². The zero-order valence-electron chi connectivity index (χ0n) is 13.8. The molecule has 1 aromatic carbocycles. The van der Waals surface area contributed by atoms with E-state index in [1.807, 2.05) is 26.0 Å². The van der Waals surface area contributed by atoms with Crippen molar-refractivity contribution in [1.29, 1.82) is 0 Å². The van der Waals surface area contributed by atoms with Gasteiger partial charge < -0.3 is 16.0 Å². The summed E-state index contributed by atoms with van der Waals surface area (Å²) in [6, 6.07) is 7.42. The molecule has 0 saturated carbocycles. The Kier molecular flexibility index (Phi) is 7.52. The lowest BCUT2D eigenvalue weighted by Crippen LogP contribution is -2.57. The third-order valence-electron chi connectivity index (χ3n) is 4.13. The van der Waals surface area contributed by atoms with Gasteiger partial charge in [-0.3, -0.25) is 9.59 Å². The highest BCUT2D eigenvalue weighted by molar-refractivity contribution is 5.94. The monoisotopic (exact) mass is 339 g/mol. The third kappa shape index (κ3) is 5.52. The summed E-state index contributed by atoms with van der Waals surface area (Å²) in [7, 11) is 0. The van der Waals surface area contributed by atoms with Crippen LogP contribution in [0, 0.1) is 6.92 Å². The Hall–Kier alpha value is -1.59. The zero-order valence-corrected chi connectivity index (χ0v) is 14.6. The SMILES string of the molecule is Cc1ccc(C(=O)NCCNC(=O)C2(C)CCCCN2)cc1.Cl. The van der Waals surface area contributed by atoms with E-state index < -0.39 is 5.54 Å². The summed E-state index contributed by atoms with van der Waals surface area (Å²) in [6.45, 7) is 5.67. The van der Waals surface area contributed by atoms with Gasteiger partial charge >= 0.3 is 0 Å². The van der Waals surface area contributed by atoms with E-state index in [4.69, 9.17) is 0 Å². The summed E-state index contributed by atoms with van der Waals surface area (Å²) in [5, 5.41) is 8.98. The molecule has 1 saturated heterocycles. The first kappa shape index (κ1) is 19.5. The average Bonchev–Trinajstić information content (AvgIpc) is 2.52. The molecule has 23 heavy (non-hydrogen) atoms. The van der Waals surface area contributed by atoms with Crippen LogP contribution in [-0.4, -0.2) is 37.0 Å². The first-order valence-corrected chi connectivity index (χ1v) is 7.89. The Balaban J connectivity index is 0.00000264. The molecule has 1 heterocycles. The van der Waals surface area contributed by atoms with E-state index in [-0.39, 0.29) is 24.2 Å². The minimum Gasteiger partial charge on any atom is -0.353 e. The van der Waals surface area contributed by atoms with Crippen molar-refractivity contribution >= 4 is 24.2 Å². The quantitative estimate of drug-likeness (QED) is 0.716. The molecule has 1 atom stereocenters. The van der Waals surface area contributed by atoms with Gasteiger partial charge in [0, 0.05) is 18.7 Å². The molecule has 1 aromatic rings. The number of carbonyl (C=O) groups excluding carboxylic acids is 2. The standard InChI is InChI=1S/C17H25N3O2.ClH/c1-13-5-7-14(8-6-13)15(21)18-11-12-19-16(22)17(2)9-3-4-10-20-17;/h5-8,20H,3-4,9-12H2,1-2H3,(H,18,21)(H,19,22);1H. The van der Waals surface area contributed by atoms with Gasteiger partial charge in [0.05, 0.1) is 5.54 Å². The van der Waals surface area contributed by atoms with Crippen molar-refractivity contribution in [3.63, 3.8) is 0 Å². The Morgan fingerprint density at radius 1 is 1.13 bits per heavy atom. The molecule has 0 radical (unpaired) electrons. The second-order valence-electron chi connectivity index (χ2n) is 6.09. The predicted octanol–water partition coefficient (Wildman–Crippen LogP) is 1.80. The van der Waals surface area contributed by atoms with Crippen LogP contribution in [0.15, 0.2) is 24.3 Å². The number of nitrogens with one attached hydrogen (secondary N) is 3. The van der Waals surface area contributed by atoms with E-state index in [2.05, 4.69) is 16.0 Å². The molecule has 0 aliphatic carbocycles. The molecule has 5 nitrogen and oxygen atoms in total. The van der Waals surface area contributed by atoms with E-state index in [0.29, 0.717) is 18.7 Å². The number of rotatable bonds is 5. The molecule has 6 heteroatoms. The van der Waals surface area contributed by atoms with Crippen LogP contribution in [0.2, 0.25) is 0 Å². The number of piperidine rings is 1. The van der Waals surface area contributed by atoms with Crippen molar-refractivity contribution in [2.24, 2.45) is 0 Å². The molecular formula is C17H26ClN3O2. The second kappa shape index (κ2) is 8.89. The van der Waals surface area contributed by atoms with Gasteiger partial charge in [-0.25, -0.2) is 0 Å². The minimum absolute atomic E-state index is 0. The maximum Gasteiger partial charge on any atom is 0.251 e. The number of halogens is 1. The molecule has 1 fully saturated rings. The van der Waals surface area contributed by atoms with E-state index in [1.54, 1.807) is 12.1 Å². The largest absolute Gasteiger partial charge is 0.353 e. The first-order chi connectivity index (χ1) is 10.5. The van der Waals surface area contributed by atoms with Crippen molar-refractivity contribution < 1.29 is 9.59 Å². The van der Waals surface area contributed by atoms with Crippen molar-refractivity contribution in [3.8, 4) is 0 Å². The Morgan fingerprint density at radius 3 is 2.39 bits per heavy atom. The predicted molar refractivity (Wildman–Crippen MR) is 94.0 cm³/mol. The number of amides is 2. The van der Waals surface area contributed by atoms with Crippen LogP contribution in [0.1, 0.15) is 42.1 Å². The molecule has 1 unspecified atom stereocenters. The summed E-state index contributed by atoms with van der Waals surface area (Å²) in [5.74, 6) is -0.104. The van der Waals surface area contributed by atoms with Gasteiger partial charge in [0.25, 0.3) is 5.91 Å². The van der Waals surface area contributed by atoms with Gasteiger partial charge in [-0.15, -0.1) is 12.4 Å². The van der Waals surface area contributed by atoms with Crippen LogP contribution < -0.4 is 16.0 Å². The minimum atomic E-state index is -0.473. The third-order valence-corrected chi connectivity index (χ3v) is 4.13. The molecule has 0 bridgehead atoms. The molecule has 1 aliphatic heterocycles. The molecule has 2 amide bonds. The van der Waals surface area contributed by atoms with Gasteiger partial charge in [0.2, 0.25) is 5.91 Å². The van der Waals surface area contributed by atoms with Crippen molar-refractivity contribution in [1.82, 2.24) is 16.0 Å². The highest BCUT2D eigenvalue weighted by Crippen LogP contribution is 2.18. The maximum absolute atomic E-state index is 12.2. The number of benzene rings is 1. The molecular weight excluding hydrogens is 314 g/mol. The van der Waals surface area contributed by atoms with Gasteiger partial charge in [-0.1, -0.05) is 17.7 Å². The van der Waals surface area contributed by atoms with Crippen LogP contribution in [-0.2, 0) is 4.79 Å². The maximum atomic E-state index is 12.2. The summed E-state index contributed by atoms with van der Waals surface area (Å²) in [4.78, 5) is 24.1. The summed E-state index contributed by atoms with van der Waals surface area (Å²) in [5.41, 5.74) is 1.29. The molecule has 1 aliphatic rings. The number of aryl methyl sites for hydroxylation is 1. The summed E-state index contributed by atoms with van der Waals surface area (Å²) in [6.07, 6.45) is 3.05. The number of carbonyl (C=O) groups is 2. The van der Waals surface area contributed by atoms with Gasteiger partial charge in [-0.2, -0.15) is 0 Å². The first-order valence-electron chi connectivity index (χ1n) is 7.89. The van der Waals surface area contributed by atoms with E-state index in [9.17, 15) is 9.59 Å². The van der Waals surface area contributed by atoms with Crippen LogP contribution in [0.3, 0.4) is 0 Å². The fraction of sp³-hybridized carbons (Fsp3) is 0.529. The number of hydrogen-bond donors (Lipinski definition) is 3. The van der Waals surface area contributed by atoms with Gasteiger partial charge in [0.15, 0.2) is 0 Å². The average molecular weight is 340 g/mol. The fourth-order valence-corrected chi connectivity index (χ4v) is 2.60. The molecule has 0 spiro atoms. The Morgan fingerprint density at radius 2 is 1.78 bits per heavy atom. The second-order valence-corrected chi connectivity index (χ2v) is 6.09. The van der Waals surface area contributed by atoms with E-state index >= 15 is 0 Å². The van der Waals surface area contributed by atoms with Crippen molar-refractivity contribution in [3.05, 3.63) is 35.4 Å². The van der Waals surface area contributed by atoms with Crippen LogP contribution in [0.25, 0.3) is 0 Å². The summed E-state index contributed by atoms with van der Waals surface area (Å²) < 4.78 is 0. The highest BCUT2D eigenvalue weighted by Gasteiger charge is 2.33. The van der Waals surface area contributed by atoms with Crippen molar-refractivity contribution in [2.75, 3.05) is 19.6 Å². The molecule has 2 rings (SSSR count). The topological polar surface area (TPSA) is 70.2 Å². The summed E-state index contributed by atoms with van der Waals surface area (Å²) >= 11 is 0. The molecule has 128 valence electrons. The zero-order chi connectivity index (χ0) is 16.0. The van der Waals surface area contributed by atoms with Gasteiger partial charge in [-0.05, 0) is 51.8 Å². The smallest absolute Gasteiger partial charge is 0.251 e. The van der Waals surface area contributed by atoms with Crippen LogP contribution in [0.4, 0.5) is 0 Å². The lowest BCUT2D eigenvalue weighted by atomic mass is 9.90. The highest BCUT2D eigenvalue weighted by atomic mass is 35.5. The normalized spacial score (nSPS) is 20.3. The lowest BCUT2D eigenvalue weighted by molar-refractivity contribution is -0.127. The Bertz CT molecular complexity index is 525. The van der Waals surface area contributed by atoms with E-state index in [0.717, 1.165) is 31.4 Å². The van der Waals surface area contributed by atoms with Crippen molar-refractivity contribution in [2.45, 2.75) is 38.6 Å². The van der Waals surface area contributed by atoms with Gasteiger partial charge in [0.1, 0.15) is 0 Å². The molecule has 0 aromatic heterocycles. The van der Waals surface area contributed by atoms with E-state index in [1.165, 1.54) is 0 Å². The van der Waals surface area contributed by atoms with Crippen LogP contribution in [0.5, 0.6) is 0 Å². The lowest BCUT2D eigenvalue weighted by Gasteiger charge is -2.33. The molecule has 3 N–H and O–H groups in total. The fourth-order valence-electron chi connectivity index (χ4n) is 2.60.